The van der Waals surface area contributed by atoms with E-state index in [-0.39, 0.29) is 5.91 Å². The molecule has 1 aliphatic carbocycles. The van der Waals surface area contributed by atoms with Crippen molar-refractivity contribution in [3.05, 3.63) is 29.5 Å². The Morgan fingerprint density at radius 2 is 2.00 bits per heavy atom. The number of methoxy groups -OCH3 is 1. The van der Waals surface area contributed by atoms with Crippen molar-refractivity contribution in [1.82, 2.24) is 4.98 Å². The van der Waals surface area contributed by atoms with Crippen molar-refractivity contribution < 1.29 is 9.53 Å². The molecule has 0 atom stereocenters. The number of hydrogen-bond acceptors (Lipinski definition) is 4. The fourth-order valence-electron chi connectivity index (χ4n) is 3.78. The summed E-state index contributed by atoms with van der Waals surface area (Å²) in [6, 6.07) is 6.15. The van der Waals surface area contributed by atoms with Crippen molar-refractivity contribution in [2.75, 3.05) is 19.0 Å². The Morgan fingerprint density at radius 1 is 1.19 bits per heavy atom. The van der Waals surface area contributed by atoms with Gasteiger partial charge >= 0.3 is 0 Å². The predicted molar refractivity (Wildman–Crippen MR) is 106 cm³/mol. The Morgan fingerprint density at radius 3 is 2.81 bits per heavy atom. The Hall–Kier alpha value is -2.30. The molecule has 0 radical (unpaired) electrons. The number of fused-ring (bicyclic) bond motifs is 2. The lowest BCUT2D eigenvalue weighted by molar-refractivity contribution is -0.118. The van der Waals surface area contributed by atoms with Crippen LogP contribution in [0.4, 0.5) is 5.69 Å². The molecule has 5 heteroatoms. The number of aromatic nitrogens is 1. The summed E-state index contributed by atoms with van der Waals surface area (Å²) in [7, 11) is 1.70. The number of nitrogens with one attached hydrogen (secondary N) is 1. The van der Waals surface area contributed by atoms with Gasteiger partial charge < -0.3 is 15.8 Å². The van der Waals surface area contributed by atoms with Gasteiger partial charge in [-0.1, -0.05) is 25.0 Å². The molecule has 3 rings (SSSR count). The summed E-state index contributed by atoms with van der Waals surface area (Å²) >= 11 is 0. The molecule has 1 amide bonds. The number of anilines is 1. The zero-order chi connectivity index (χ0) is 18.4. The van der Waals surface area contributed by atoms with Crippen molar-refractivity contribution in [2.24, 2.45) is 5.73 Å². The standard InChI is InChI=1S/C21H29N3O2/c1-26-18-12-8-10-16-20(23-14-7-3-2-4-13-19(22)25)15-9-5-6-11-17(15)24-21(16)18/h8,10,12H,2-7,9,11,13-14H2,1H3,(H2,22,25)(H,23,24). The molecule has 3 N–H and O–H groups in total. The molecule has 5 nitrogen and oxygen atoms in total. The first-order valence-electron chi connectivity index (χ1n) is 9.71. The Balaban J connectivity index is 1.73. The summed E-state index contributed by atoms with van der Waals surface area (Å²) in [5.74, 6) is 0.636. The van der Waals surface area contributed by atoms with Crippen molar-refractivity contribution in [3.8, 4) is 5.75 Å². The van der Waals surface area contributed by atoms with Gasteiger partial charge in [0.2, 0.25) is 5.91 Å². The lowest BCUT2D eigenvalue weighted by Gasteiger charge is -2.22. The Labute approximate surface area is 155 Å². The summed E-state index contributed by atoms with van der Waals surface area (Å²) in [5.41, 5.74) is 9.98. The molecule has 0 bridgehead atoms. The van der Waals surface area contributed by atoms with Gasteiger partial charge in [0.25, 0.3) is 0 Å². The number of benzene rings is 1. The molecule has 1 heterocycles. The van der Waals surface area contributed by atoms with Gasteiger partial charge in [-0.05, 0) is 50.2 Å². The van der Waals surface area contributed by atoms with Gasteiger partial charge in [0.05, 0.1) is 7.11 Å². The predicted octanol–water partition coefficient (Wildman–Crippen LogP) is 3.97. The number of ether oxygens (including phenoxy) is 1. The molecule has 0 unspecified atom stereocenters. The normalized spacial score (nSPS) is 13.4. The molecule has 0 spiro atoms. The molecule has 0 saturated heterocycles. The highest BCUT2D eigenvalue weighted by atomic mass is 16.5. The van der Waals surface area contributed by atoms with E-state index in [1.807, 2.05) is 12.1 Å². The third-order valence-electron chi connectivity index (χ3n) is 5.13. The minimum Gasteiger partial charge on any atom is -0.494 e. The first-order chi connectivity index (χ1) is 12.7. The number of aryl methyl sites for hydroxylation is 1. The molecule has 140 valence electrons. The number of pyridine rings is 1. The summed E-state index contributed by atoms with van der Waals surface area (Å²) in [4.78, 5) is 15.7. The number of unbranched alkanes of at least 4 members (excludes halogenated alkanes) is 3. The number of nitrogens with zero attached hydrogens (tertiary/aromatic N) is 1. The second kappa shape index (κ2) is 8.88. The van der Waals surface area contributed by atoms with Gasteiger partial charge in [-0.2, -0.15) is 0 Å². The average Bonchev–Trinajstić information content (AvgIpc) is 2.65. The fraction of sp³-hybridized carbons (Fsp3) is 0.524. The molecule has 0 aliphatic heterocycles. The Bertz CT molecular complexity index is 773. The van der Waals surface area contributed by atoms with Crippen molar-refractivity contribution >= 4 is 22.5 Å². The highest BCUT2D eigenvalue weighted by molar-refractivity contribution is 5.97. The Kier molecular flexibility index (Phi) is 6.31. The van der Waals surface area contributed by atoms with Crippen LogP contribution >= 0.6 is 0 Å². The second-order valence-corrected chi connectivity index (χ2v) is 7.03. The maximum Gasteiger partial charge on any atom is 0.217 e. The topological polar surface area (TPSA) is 77.2 Å². The number of para-hydroxylation sites is 1. The van der Waals surface area contributed by atoms with Gasteiger partial charge in [-0.25, -0.2) is 4.98 Å². The average molecular weight is 355 g/mol. The van der Waals surface area contributed by atoms with Gasteiger partial charge in [-0.3, -0.25) is 4.79 Å². The van der Waals surface area contributed by atoms with E-state index >= 15 is 0 Å². The monoisotopic (exact) mass is 355 g/mol. The van der Waals surface area contributed by atoms with E-state index in [0.717, 1.165) is 61.7 Å². The maximum absolute atomic E-state index is 10.8. The molecular formula is C21H29N3O2. The zero-order valence-corrected chi connectivity index (χ0v) is 15.6. The minimum atomic E-state index is -0.202. The molecule has 0 saturated carbocycles. The molecule has 1 aliphatic rings. The number of carbonyl (C=O) groups is 1. The second-order valence-electron chi connectivity index (χ2n) is 7.03. The van der Waals surface area contributed by atoms with E-state index in [0.29, 0.717) is 6.42 Å². The lowest BCUT2D eigenvalue weighted by atomic mass is 9.92. The highest BCUT2D eigenvalue weighted by Gasteiger charge is 2.19. The third kappa shape index (κ3) is 4.26. The smallest absolute Gasteiger partial charge is 0.217 e. The molecule has 0 fully saturated rings. The van der Waals surface area contributed by atoms with Crippen LogP contribution in [0.1, 0.15) is 56.2 Å². The number of nitrogens with two attached hydrogens (primary N) is 1. The van der Waals surface area contributed by atoms with E-state index in [2.05, 4.69) is 11.4 Å². The highest BCUT2D eigenvalue weighted by Crippen LogP contribution is 2.36. The van der Waals surface area contributed by atoms with Crippen LogP contribution < -0.4 is 15.8 Å². The quantitative estimate of drug-likeness (QED) is 0.667. The van der Waals surface area contributed by atoms with Crippen LogP contribution in [0, 0.1) is 0 Å². The van der Waals surface area contributed by atoms with Gasteiger partial charge in [-0.15, -0.1) is 0 Å². The van der Waals surface area contributed by atoms with Crippen LogP contribution in [-0.4, -0.2) is 24.5 Å². The number of carbonyl (C=O) groups excluding carboxylic acids is 1. The van der Waals surface area contributed by atoms with Crippen LogP contribution in [0.25, 0.3) is 10.9 Å². The maximum atomic E-state index is 10.8. The minimum absolute atomic E-state index is 0.202. The summed E-state index contributed by atoms with van der Waals surface area (Å²) < 4.78 is 5.53. The molecule has 1 aromatic heterocycles. The third-order valence-corrected chi connectivity index (χ3v) is 5.13. The van der Waals surface area contributed by atoms with Crippen LogP contribution in [0.5, 0.6) is 5.75 Å². The number of hydrogen-bond donors (Lipinski definition) is 2. The van der Waals surface area contributed by atoms with E-state index in [1.165, 1.54) is 29.8 Å². The SMILES string of the molecule is COc1cccc2c(NCCCCCCC(N)=O)c3c(nc12)CCCC3. The number of rotatable bonds is 9. The van der Waals surface area contributed by atoms with Crippen LogP contribution in [0.3, 0.4) is 0 Å². The lowest BCUT2D eigenvalue weighted by Crippen LogP contribution is -2.12. The van der Waals surface area contributed by atoms with Crippen molar-refractivity contribution in [1.29, 1.82) is 0 Å². The van der Waals surface area contributed by atoms with E-state index in [1.54, 1.807) is 7.11 Å². The number of primary amides is 1. The van der Waals surface area contributed by atoms with E-state index in [4.69, 9.17) is 15.5 Å². The first-order valence-corrected chi connectivity index (χ1v) is 9.71. The van der Waals surface area contributed by atoms with E-state index < -0.39 is 0 Å². The fourth-order valence-corrected chi connectivity index (χ4v) is 3.78. The zero-order valence-electron chi connectivity index (χ0n) is 15.6. The van der Waals surface area contributed by atoms with E-state index in [9.17, 15) is 4.79 Å². The largest absolute Gasteiger partial charge is 0.494 e. The molecule has 1 aromatic carbocycles. The van der Waals surface area contributed by atoms with Gasteiger partial charge in [0.1, 0.15) is 11.3 Å². The van der Waals surface area contributed by atoms with Gasteiger partial charge in [0.15, 0.2) is 0 Å². The summed E-state index contributed by atoms with van der Waals surface area (Å²) in [6.45, 7) is 0.930. The van der Waals surface area contributed by atoms with Crippen LogP contribution in [0.15, 0.2) is 18.2 Å². The molecular weight excluding hydrogens is 326 g/mol. The van der Waals surface area contributed by atoms with Crippen molar-refractivity contribution in [3.63, 3.8) is 0 Å². The molecule has 26 heavy (non-hydrogen) atoms. The molecule has 2 aromatic rings. The number of amides is 1. The van der Waals surface area contributed by atoms with Crippen LogP contribution in [0.2, 0.25) is 0 Å². The van der Waals surface area contributed by atoms with Crippen molar-refractivity contribution in [2.45, 2.75) is 57.8 Å². The summed E-state index contributed by atoms with van der Waals surface area (Å²) in [6.07, 6.45) is 9.20. The van der Waals surface area contributed by atoms with Crippen LogP contribution in [-0.2, 0) is 17.6 Å². The van der Waals surface area contributed by atoms with Gasteiger partial charge in [0, 0.05) is 29.7 Å². The first kappa shape index (κ1) is 18.5. The summed E-state index contributed by atoms with van der Waals surface area (Å²) in [5, 5.41) is 4.83.